The molecule has 5 heteroatoms. The van der Waals surface area contributed by atoms with E-state index in [0.717, 1.165) is 17.2 Å². The number of benzene rings is 1. The Morgan fingerprint density at radius 2 is 1.83 bits per heavy atom. The van der Waals surface area contributed by atoms with Crippen molar-refractivity contribution >= 4 is 0 Å². The zero-order valence-electron chi connectivity index (χ0n) is 10.8. The first-order valence-corrected chi connectivity index (χ1v) is 5.90. The Morgan fingerprint density at radius 1 is 1.22 bits per heavy atom. The molecule has 1 aromatic carbocycles. The number of nitrogens with two attached hydrogens (primary N) is 1. The molecule has 0 amide bonds. The maximum atomic E-state index is 12.9. The average Bonchev–Trinajstić information content (AvgIpc) is 2.67. The van der Waals surface area contributed by atoms with E-state index in [4.69, 9.17) is 5.73 Å². The van der Waals surface area contributed by atoms with Gasteiger partial charge in [-0.15, -0.1) is 0 Å². The molecule has 2 atom stereocenters. The molecule has 0 bridgehead atoms. The van der Waals surface area contributed by atoms with E-state index in [9.17, 15) is 4.39 Å². The van der Waals surface area contributed by atoms with Gasteiger partial charge in [-0.1, -0.05) is 12.1 Å². The van der Waals surface area contributed by atoms with Gasteiger partial charge < -0.3 is 5.73 Å². The van der Waals surface area contributed by atoms with Crippen molar-refractivity contribution in [3.05, 3.63) is 47.3 Å². The van der Waals surface area contributed by atoms with Crippen molar-refractivity contribution < 1.29 is 4.39 Å². The standard InChI is InChI=1S/C13H17FN4/c1-8(18-10(3)16-9(2)17-18)13(15)11-4-6-12(14)7-5-11/h4-8,13H,15H2,1-3H3. The lowest BCUT2D eigenvalue weighted by molar-refractivity contribution is 0.404. The van der Waals surface area contributed by atoms with Gasteiger partial charge in [0.1, 0.15) is 17.5 Å². The highest BCUT2D eigenvalue weighted by atomic mass is 19.1. The van der Waals surface area contributed by atoms with Gasteiger partial charge in [-0.3, -0.25) is 0 Å². The molecule has 2 N–H and O–H groups in total. The second-order valence-corrected chi connectivity index (χ2v) is 4.47. The summed E-state index contributed by atoms with van der Waals surface area (Å²) in [4.78, 5) is 4.26. The molecule has 1 aromatic heterocycles. The first kappa shape index (κ1) is 12.7. The van der Waals surface area contributed by atoms with E-state index in [1.165, 1.54) is 12.1 Å². The van der Waals surface area contributed by atoms with Crippen molar-refractivity contribution in [3.63, 3.8) is 0 Å². The number of rotatable bonds is 3. The molecule has 1 heterocycles. The number of hydrogen-bond acceptors (Lipinski definition) is 3. The molecule has 0 spiro atoms. The molecule has 2 rings (SSSR count). The van der Waals surface area contributed by atoms with Crippen LogP contribution in [0, 0.1) is 19.7 Å². The van der Waals surface area contributed by atoms with Crippen molar-refractivity contribution in [2.75, 3.05) is 0 Å². The van der Waals surface area contributed by atoms with E-state index in [-0.39, 0.29) is 17.9 Å². The molecule has 0 aliphatic rings. The quantitative estimate of drug-likeness (QED) is 0.906. The molecule has 0 aliphatic carbocycles. The van der Waals surface area contributed by atoms with Crippen LogP contribution in [0.3, 0.4) is 0 Å². The minimum Gasteiger partial charge on any atom is -0.322 e. The zero-order chi connectivity index (χ0) is 13.3. The molecule has 0 saturated heterocycles. The Labute approximate surface area is 106 Å². The Balaban J connectivity index is 2.25. The van der Waals surface area contributed by atoms with Gasteiger partial charge in [-0.25, -0.2) is 14.1 Å². The third-order valence-corrected chi connectivity index (χ3v) is 3.07. The van der Waals surface area contributed by atoms with E-state index in [1.807, 2.05) is 25.5 Å². The molecule has 4 nitrogen and oxygen atoms in total. The summed E-state index contributed by atoms with van der Waals surface area (Å²) in [5, 5.41) is 4.33. The molecule has 2 aromatic rings. The van der Waals surface area contributed by atoms with Crippen LogP contribution in [-0.2, 0) is 0 Å². The molecule has 18 heavy (non-hydrogen) atoms. The second-order valence-electron chi connectivity index (χ2n) is 4.47. The Morgan fingerprint density at radius 3 is 2.33 bits per heavy atom. The van der Waals surface area contributed by atoms with Crippen LogP contribution in [0.25, 0.3) is 0 Å². The van der Waals surface area contributed by atoms with Gasteiger partial charge in [0, 0.05) is 0 Å². The molecule has 96 valence electrons. The fourth-order valence-corrected chi connectivity index (χ4v) is 2.04. The van der Waals surface area contributed by atoms with Gasteiger partial charge in [0.2, 0.25) is 0 Å². The Hall–Kier alpha value is -1.75. The number of aromatic nitrogens is 3. The summed E-state index contributed by atoms with van der Waals surface area (Å²) >= 11 is 0. The largest absolute Gasteiger partial charge is 0.322 e. The molecule has 0 saturated carbocycles. The van der Waals surface area contributed by atoms with E-state index >= 15 is 0 Å². The van der Waals surface area contributed by atoms with Crippen molar-refractivity contribution in [1.82, 2.24) is 14.8 Å². The van der Waals surface area contributed by atoms with Gasteiger partial charge >= 0.3 is 0 Å². The maximum absolute atomic E-state index is 12.9. The number of aryl methyl sites for hydroxylation is 2. The fourth-order valence-electron chi connectivity index (χ4n) is 2.04. The fraction of sp³-hybridized carbons (Fsp3) is 0.385. The Kier molecular flexibility index (Phi) is 3.43. The summed E-state index contributed by atoms with van der Waals surface area (Å²) < 4.78 is 14.7. The van der Waals surface area contributed by atoms with E-state index in [2.05, 4.69) is 10.1 Å². The van der Waals surface area contributed by atoms with Crippen molar-refractivity contribution in [1.29, 1.82) is 0 Å². The molecule has 2 unspecified atom stereocenters. The molecular weight excluding hydrogens is 231 g/mol. The lowest BCUT2D eigenvalue weighted by Crippen LogP contribution is -2.24. The topological polar surface area (TPSA) is 56.7 Å². The van der Waals surface area contributed by atoms with Crippen LogP contribution >= 0.6 is 0 Å². The third-order valence-electron chi connectivity index (χ3n) is 3.07. The monoisotopic (exact) mass is 248 g/mol. The molecule has 0 radical (unpaired) electrons. The third kappa shape index (κ3) is 2.41. The second kappa shape index (κ2) is 4.86. The van der Waals surface area contributed by atoms with Crippen LogP contribution in [0.2, 0.25) is 0 Å². The summed E-state index contributed by atoms with van der Waals surface area (Å²) in [5.41, 5.74) is 7.07. The summed E-state index contributed by atoms with van der Waals surface area (Å²) in [6.45, 7) is 5.72. The predicted octanol–water partition coefficient (Wildman–Crippen LogP) is 2.30. The lowest BCUT2D eigenvalue weighted by Gasteiger charge is -2.21. The predicted molar refractivity (Wildman–Crippen MR) is 67.5 cm³/mol. The van der Waals surface area contributed by atoms with Crippen molar-refractivity contribution in [2.24, 2.45) is 5.73 Å². The first-order chi connectivity index (χ1) is 8.49. The van der Waals surface area contributed by atoms with E-state index in [1.54, 1.807) is 12.1 Å². The van der Waals surface area contributed by atoms with Gasteiger partial charge in [0.15, 0.2) is 0 Å². The summed E-state index contributed by atoms with van der Waals surface area (Å²) in [5.74, 6) is 1.30. The van der Waals surface area contributed by atoms with Crippen molar-refractivity contribution in [3.8, 4) is 0 Å². The molecular formula is C13H17FN4. The number of halogens is 1. The van der Waals surface area contributed by atoms with Crippen LogP contribution < -0.4 is 5.73 Å². The summed E-state index contributed by atoms with van der Waals surface area (Å²) in [6.07, 6.45) is 0. The zero-order valence-corrected chi connectivity index (χ0v) is 10.8. The van der Waals surface area contributed by atoms with E-state index in [0.29, 0.717) is 0 Å². The lowest BCUT2D eigenvalue weighted by atomic mass is 10.0. The molecule has 0 fully saturated rings. The van der Waals surface area contributed by atoms with Crippen LogP contribution in [-0.4, -0.2) is 14.8 Å². The van der Waals surface area contributed by atoms with Crippen LogP contribution in [0.1, 0.15) is 36.2 Å². The highest BCUT2D eigenvalue weighted by molar-refractivity contribution is 5.20. The smallest absolute Gasteiger partial charge is 0.147 e. The number of hydrogen-bond donors (Lipinski definition) is 1. The highest BCUT2D eigenvalue weighted by Gasteiger charge is 2.19. The summed E-state index contributed by atoms with van der Waals surface area (Å²) in [6, 6.07) is 5.97. The Bertz CT molecular complexity index is 532. The number of nitrogens with zero attached hydrogens (tertiary/aromatic N) is 3. The average molecular weight is 248 g/mol. The first-order valence-electron chi connectivity index (χ1n) is 5.90. The minimum absolute atomic E-state index is 0.0309. The van der Waals surface area contributed by atoms with Gasteiger partial charge in [-0.2, -0.15) is 5.10 Å². The van der Waals surface area contributed by atoms with Crippen molar-refractivity contribution in [2.45, 2.75) is 32.9 Å². The van der Waals surface area contributed by atoms with E-state index < -0.39 is 0 Å². The summed E-state index contributed by atoms with van der Waals surface area (Å²) in [7, 11) is 0. The normalized spacial score (nSPS) is 14.5. The van der Waals surface area contributed by atoms with Crippen LogP contribution in [0.4, 0.5) is 4.39 Å². The van der Waals surface area contributed by atoms with Crippen LogP contribution in [0.5, 0.6) is 0 Å². The minimum atomic E-state index is -0.258. The van der Waals surface area contributed by atoms with Gasteiger partial charge in [0.05, 0.1) is 12.1 Å². The van der Waals surface area contributed by atoms with Crippen LogP contribution in [0.15, 0.2) is 24.3 Å². The van der Waals surface area contributed by atoms with Gasteiger partial charge in [0.25, 0.3) is 0 Å². The highest BCUT2D eigenvalue weighted by Crippen LogP contribution is 2.24. The SMILES string of the molecule is Cc1nc(C)n(C(C)C(N)c2ccc(F)cc2)n1. The van der Waals surface area contributed by atoms with Gasteiger partial charge in [-0.05, 0) is 38.5 Å². The molecule has 0 aliphatic heterocycles. The maximum Gasteiger partial charge on any atom is 0.147 e.